The van der Waals surface area contributed by atoms with E-state index in [4.69, 9.17) is 4.74 Å². The molecular formula is C19H25NO. The maximum atomic E-state index is 5.83. The lowest BCUT2D eigenvalue weighted by atomic mass is 9.85. The van der Waals surface area contributed by atoms with Gasteiger partial charge in [-0.25, -0.2) is 0 Å². The van der Waals surface area contributed by atoms with Gasteiger partial charge in [0, 0.05) is 6.04 Å². The molecule has 2 aromatic carbocycles. The molecule has 0 aliphatic carbocycles. The zero-order valence-electron chi connectivity index (χ0n) is 13.4. The highest BCUT2D eigenvalue weighted by Gasteiger charge is 2.18. The molecule has 0 amide bonds. The summed E-state index contributed by atoms with van der Waals surface area (Å²) >= 11 is 0. The van der Waals surface area contributed by atoms with Crippen LogP contribution < -0.4 is 10.1 Å². The molecule has 0 aromatic heterocycles. The van der Waals surface area contributed by atoms with Gasteiger partial charge >= 0.3 is 0 Å². The predicted octanol–water partition coefficient (Wildman–Crippen LogP) is 5.18. The highest BCUT2D eigenvalue weighted by Crippen LogP contribution is 2.30. The van der Waals surface area contributed by atoms with E-state index in [0.29, 0.717) is 11.5 Å². The second kappa shape index (κ2) is 6.77. The van der Waals surface area contributed by atoms with Gasteiger partial charge in [-0.05, 0) is 48.7 Å². The maximum Gasteiger partial charge on any atom is 0.127 e. The number of benzene rings is 2. The number of rotatable bonds is 5. The Morgan fingerprint density at radius 3 is 2.00 bits per heavy atom. The second-order valence-corrected chi connectivity index (χ2v) is 6.59. The molecule has 1 atom stereocenters. The maximum absolute atomic E-state index is 5.83. The van der Waals surface area contributed by atoms with E-state index in [0.717, 1.165) is 17.9 Å². The summed E-state index contributed by atoms with van der Waals surface area (Å²) in [4.78, 5) is 0. The fraction of sp³-hybridized carbons (Fsp3) is 0.368. The van der Waals surface area contributed by atoms with Crippen molar-refractivity contribution in [2.24, 2.45) is 5.41 Å². The molecule has 112 valence electrons. The van der Waals surface area contributed by atoms with Gasteiger partial charge in [0.1, 0.15) is 11.5 Å². The predicted molar refractivity (Wildman–Crippen MR) is 88.8 cm³/mol. The van der Waals surface area contributed by atoms with E-state index < -0.39 is 0 Å². The third kappa shape index (κ3) is 4.91. The molecule has 2 heteroatoms. The van der Waals surface area contributed by atoms with Crippen molar-refractivity contribution in [3.63, 3.8) is 0 Å². The minimum atomic E-state index is 0.298. The van der Waals surface area contributed by atoms with Gasteiger partial charge in [-0.1, -0.05) is 51.1 Å². The van der Waals surface area contributed by atoms with Gasteiger partial charge in [0.25, 0.3) is 0 Å². The number of hydrogen-bond acceptors (Lipinski definition) is 2. The average Bonchev–Trinajstić information content (AvgIpc) is 2.46. The van der Waals surface area contributed by atoms with Gasteiger partial charge in [0.2, 0.25) is 0 Å². The van der Waals surface area contributed by atoms with Crippen molar-refractivity contribution in [2.75, 3.05) is 7.05 Å². The van der Waals surface area contributed by atoms with E-state index in [1.807, 2.05) is 49.5 Å². The average molecular weight is 283 g/mol. The Morgan fingerprint density at radius 2 is 1.48 bits per heavy atom. The molecule has 0 spiro atoms. The van der Waals surface area contributed by atoms with Crippen molar-refractivity contribution >= 4 is 0 Å². The lowest BCUT2D eigenvalue weighted by Gasteiger charge is -2.26. The Hall–Kier alpha value is -1.80. The minimum Gasteiger partial charge on any atom is -0.457 e. The Labute approximate surface area is 128 Å². The molecule has 0 fully saturated rings. The Balaban J connectivity index is 2.07. The summed E-state index contributed by atoms with van der Waals surface area (Å²) in [5.74, 6) is 1.74. The van der Waals surface area contributed by atoms with Crippen molar-refractivity contribution in [2.45, 2.75) is 33.2 Å². The number of ether oxygens (including phenoxy) is 1. The van der Waals surface area contributed by atoms with E-state index in [1.165, 1.54) is 5.56 Å². The first-order valence-corrected chi connectivity index (χ1v) is 7.48. The monoisotopic (exact) mass is 283 g/mol. The SMILES string of the molecule is CNC(CC(C)(C)C)c1ccc(Oc2ccccc2)cc1. The highest BCUT2D eigenvalue weighted by molar-refractivity contribution is 5.34. The number of para-hydroxylation sites is 1. The van der Waals surface area contributed by atoms with Crippen LogP contribution in [0.5, 0.6) is 11.5 Å². The van der Waals surface area contributed by atoms with Crippen LogP contribution in [-0.4, -0.2) is 7.05 Å². The first-order chi connectivity index (χ1) is 9.98. The van der Waals surface area contributed by atoms with Crippen LogP contribution in [0.3, 0.4) is 0 Å². The molecule has 1 unspecified atom stereocenters. The van der Waals surface area contributed by atoms with E-state index in [9.17, 15) is 0 Å². The smallest absolute Gasteiger partial charge is 0.127 e. The van der Waals surface area contributed by atoms with Gasteiger partial charge in [-0.2, -0.15) is 0 Å². The quantitative estimate of drug-likeness (QED) is 0.816. The van der Waals surface area contributed by atoms with Crippen molar-refractivity contribution in [1.82, 2.24) is 5.32 Å². The molecule has 1 N–H and O–H groups in total. The summed E-state index contributed by atoms with van der Waals surface area (Å²) in [7, 11) is 2.02. The van der Waals surface area contributed by atoms with Gasteiger partial charge in [-0.3, -0.25) is 0 Å². The summed E-state index contributed by atoms with van der Waals surface area (Å²) in [6, 6.07) is 18.6. The third-order valence-corrected chi connectivity index (χ3v) is 3.43. The number of nitrogens with one attached hydrogen (secondary N) is 1. The fourth-order valence-electron chi connectivity index (χ4n) is 2.39. The lowest BCUT2D eigenvalue weighted by molar-refractivity contribution is 0.320. The first kappa shape index (κ1) is 15.6. The van der Waals surface area contributed by atoms with Crippen LogP contribution in [0.25, 0.3) is 0 Å². The van der Waals surface area contributed by atoms with Crippen LogP contribution in [0.4, 0.5) is 0 Å². The van der Waals surface area contributed by atoms with Gasteiger partial charge in [-0.15, -0.1) is 0 Å². The van der Waals surface area contributed by atoms with Crippen LogP contribution in [0.2, 0.25) is 0 Å². The molecule has 2 aromatic rings. The summed E-state index contributed by atoms with van der Waals surface area (Å²) < 4.78 is 5.83. The van der Waals surface area contributed by atoms with Crippen LogP contribution in [0.1, 0.15) is 38.8 Å². The molecule has 0 saturated carbocycles. The molecule has 2 rings (SSSR count). The minimum absolute atomic E-state index is 0.298. The standard InChI is InChI=1S/C19H25NO/c1-19(2,3)14-18(20-4)15-10-12-17(13-11-15)21-16-8-6-5-7-9-16/h5-13,18,20H,14H2,1-4H3. The zero-order chi connectivity index (χ0) is 15.3. The van der Waals surface area contributed by atoms with E-state index >= 15 is 0 Å². The zero-order valence-corrected chi connectivity index (χ0v) is 13.4. The number of hydrogen-bond donors (Lipinski definition) is 1. The largest absolute Gasteiger partial charge is 0.457 e. The molecule has 21 heavy (non-hydrogen) atoms. The molecule has 0 saturated heterocycles. The third-order valence-electron chi connectivity index (χ3n) is 3.43. The molecule has 0 aliphatic rings. The Morgan fingerprint density at radius 1 is 0.905 bits per heavy atom. The van der Waals surface area contributed by atoms with E-state index in [2.05, 4.69) is 38.2 Å². The van der Waals surface area contributed by atoms with Crippen molar-refractivity contribution in [3.05, 3.63) is 60.2 Å². The van der Waals surface area contributed by atoms with Crippen LogP contribution in [0.15, 0.2) is 54.6 Å². The molecule has 0 aliphatic heterocycles. The van der Waals surface area contributed by atoms with Crippen molar-refractivity contribution in [1.29, 1.82) is 0 Å². The normalized spacial score (nSPS) is 13.0. The van der Waals surface area contributed by atoms with E-state index in [-0.39, 0.29) is 0 Å². The van der Waals surface area contributed by atoms with Crippen LogP contribution in [0, 0.1) is 5.41 Å². The second-order valence-electron chi connectivity index (χ2n) is 6.59. The summed E-state index contributed by atoms with van der Waals surface area (Å²) in [5, 5.41) is 3.40. The summed E-state index contributed by atoms with van der Waals surface area (Å²) in [5.41, 5.74) is 1.60. The van der Waals surface area contributed by atoms with Gasteiger partial charge in [0.05, 0.1) is 0 Å². The molecule has 0 bridgehead atoms. The molecule has 2 nitrogen and oxygen atoms in total. The molecule has 0 heterocycles. The molecular weight excluding hydrogens is 258 g/mol. The fourth-order valence-corrected chi connectivity index (χ4v) is 2.39. The Bertz CT molecular complexity index is 540. The summed E-state index contributed by atoms with van der Waals surface area (Å²) in [6.45, 7) is 6.80. The van der Waals surface area contributed by atoms with Gasteiger partial charge < -0.3 is 10.1 Å². The van der Waals surface area contributed by atoms with Crippen LogP contribution >= 0.6 is 0 Å². The van der Waals surface area contributed by atoms with E-state index in [1.54, 1.807) is 0 Å². The Kier molecular flexibility index (Phi) is 5.03. The highest BCUT2D eigenvalue weighted by atomic mass is 16.5. The van der Waals surface area contributed by atoms with Gasteiger partial charge in [0.15, 0.2) is 0 Å². The topological polar surface area (TPSA) is 21.3 Å². The van der Waals surface area contributed by atoms with Crippen LogP contribution in [-0.2, 0) is 0 Å². The van der Waals surface area contributed by atoms with Crippen molar-refractivity contribution in [3.8, 4) is 11.5 Å². The van der Waals surface area contributed by atoms with Crippen molar-refractivity contribution < 1.29 is 4.74 Å². The summed E-state index contributed by atoms with van der Waals surface area (Å²) in [6.07, 6.45) is 1.10. The molecule has 0 radical (unpaired) electrons. The lowest BCUT2D eigenvalue weighted by Crippen LogP contribution is -2.22. The first-order valence-electron chi connectivity index (χ1n) is 7.48.